The van der Waals surface area contributed by atoms with Gasteiger partial charge in [-0.15, -0.1) is 0 Å². The molecule has 21 heavy (non-hydrogen) atoms. The van der Waals surface area contributed by atoms with Gasteiger partial charge in [-0.2, -0.15) is 0 Å². The highest BCUT2D eigenvalue weighted by Gasteiger charge is 2.18. The van der Waals surface area contributed by atoms with Gasteiger partial charge in [0.25, 0.3) is 0 Å². The third-order valence-electron chi connectivity index (χ3n) is 3.42. The lowest BCUT2D eigenvalue weighted by atomic mass is 9.99. The van der Waals surface area contributed by atoms with Crippen LogP contribution in [0.25, 0.3) is 10.8 Å². The van der Waals surface area contributed by atoms with Crippen molar-refractivity contribution in [3.05, 3.63) is 77.6 Å². The summed E-state index contributed by atoms with van der Waals surface area (Å²) < 4.78 is 0. The fourth-order valence-electron chi connectivity index (χ4n) is 2.19. The average Bonchev–Trinajstić information content (AvgIpc) is 2.54. The predicted molar refractivity (Wildman–Crippen MR) is 81.6 cm³/mol. The van der Waals surface area contributed by atoms with Crippen LogP contribution in [0.15, 0.2) is 60.9 Å². The Morgan fingerprint density at radius 2 is 1.48 bits per heavy atom. The SMILES string of the molecule is Cc1ccc(C(=O)C(=O)c2ccc3ccncc3c2)cc1. The summed E-state index contributed by atoms with van der Waals surface area (Å²) >= 11 is 0. The highest BCUT2D eigenvalue weighted by molar-refractivity contribution is 6.49. The molecule has 0 aliphatic carbocycles. The minimum Gasteiger partial charge on any atom is -0.285 e. The highest BCUT2D eigenvalue weighted by atomic mass is 16.2. The molecule has 0 N–H and O–H groups in total. The van der Waals surface area contributed by atoms with E-state index in [1.807, 2.05) is 31.2 Å². The van der Waals surface area contributed by atoms with Crippen molar-refractivity contribution in [2.75, 3.05) is 0 Å². The molecule has 0 aliphatic rings. The van der Waals surface area contributed by atoms with E-state index in [1.54, 1.807) is 36.7 Å². The van der Waals surface area contributed by atoms with Crippen LogP contribution in [0.4, 0.5) is 0 Å². The fraction of sp³-hybridized carbons (Fsp3) is 0.0556. The van der Waals surface area contributed by atoms with Crippen LogP contribution < -0.4 is 0 Å². The molecule has 102 valence electrons. The zero-order valence-electron chi connectivity index (χ0n) is 11.5. The number of hydrogen-bond donors (Lipinski definition) is 0. The summed E-state index contributed by atoms with van der Waals surface area (Å²) in [7, 11) is 0. The van der Waals surface area contributed by atoms with Crippen molar-refractivity contribution in [3.8, 4) is 0 Å². The zero-order chi connectivity index (χ0) is 14.8. The molecule has 0 spiro atoms. The van der Waals surface area contributed by atoms with Gasteiger partial charge in [0.2, 0.25) is 11.6 Å². The Kier molecular flexibility index (Phi) is 3.32. The molecule has 0 radical (unpaired) electrons. The van der Waals surface area contributed by atoms with Crippen molar-refractivity contribution in [1.82, 2.24) is 4.98 Å². The molecule has 0 amide bonds. The van der Waals surface area contributed by atoms with E-state index in [9.17, 15) is 9.59 Å². The van der Waals surface area contributed by atoms with E-state index < -0.39 is 11.6 Å². The van der Waals surface area contributed by atoms with Crippen LogP contribution in [-0.2, 0) is 0 Å². The number of nitrogens with zero attached hydrogens (tertiary/aromatic N) is 1. The van der Waals surface area contributed by atoms with Crippen LogP contribution in [0.1, 0.15) is 26.3 Å². The molecule has 1 heterocycles. The lowest BCUT2D eigenvalue weighted by Gasteiger charge is -2.03. The van der Waals surface area contributed by atoms with Crippen LogP contribution in [0, 0.1) is 6.92 Å². The van der Waals surface area contributed by atoms with Crippen molar-refractivity contribution >= 4 is 22.3 Å². The molecule has 3 aromatic rings. The average molecular weight is 275 g/mol. The van der Waals surface area contributed by atoms with Gasteiger partial charge in [0.05, 0.1) is 0 Å². The van der Waals surface area contributed by atoms with E-state index in [2.05, 4.69) is 4.98 Å². The summed E-state index contributed by atoms with van der Waals surface area (Å²) in [6, 6.07) is 14.1. The Hall–Kier alpha value is -2.81. The second-order valence-corrected chi connectivity index (χ2v) is 4.96. The molecular formula is C18H13NO2. The first-order valence-electron chi connectivity index (χ1n) is 6.64. The number of aryl methyl sites for hydroxylation is 1. The van der Waals surface area contributed by atoms with Crippen LogP contribution >= 0.6 is 0 Å². The van der Waals surface area contributed by atoms with Crippen molar-refractivity contribution in [2.45, 2.75) is 6.92 Å². The summed E-state index contributed by atoms with van der Waals surface area (Å²) in [5.41, 5.74) is 1.86. The van der Waals surface area contributed by atoms with E-state index in [1.165, 1.54) is 0 Å². The number of carbonyl (C=O) groups is 2. The molecule has 0 unspecified atom stereocenters. The summed E-state index contributed by atoms with van der Waals surface area (Å²) in [6.07, 6.45) is 3.38. The van der Waals surface area contributed by atoms with E-state index >= 15 is 0 Å². The van der Waals surface area contributed by atoms with Gasteiger partial charge in [0.15, 0.2) is 0 Å². The standard InChI is InChI=1S/C18H13NO2/c1-12-2-4-14(5-3-12)17(20)18(21)15-7-6-13-8-9-19-11-16(13)10-15/h2-11H,1H3. The number of Topliss-reactive ketones (excluding diaryl/α,β-unsaturated/α-hetero) is 2. The zero-order valence-corrected chi connectivity index (χ0v) is 11.5. The monoisotopic (exact) mass is 275 g/mol. The number of fused-ring (bicyclic) bond motifs is 1. The molecule has 1 aromatic heterocycles. The van der Waals surface area contributed by atoms with Crippen molar-refractivity contribution in [2.24, 2.45) is 0 Å². The fourth-order valence-corrected chi connectivity index (χ4v) is 2.19. The minimum absolute atomic E-state index is 0.390. The Labute approximate surface area is 122 Å². The maximum atomic E-state index is 12.3. The number of pyridine rings is 1. The van der Waals surface area contributed by atoms with E-state index in [-0.39, 0.29) is 0 Å². The maximum absolute atomic E-state index is 12.3. The van der Waals surface area contributed by atoms with E-state index in [0.717, 1.165) is 16.3 Å². The quantitative estimate of drug-likeness (QED) is 0.542. The summed E-state index contributed by atoms with van der Waals surface area (Å²) in [5.74, 6) is -0.983. The molecule has 3 nitrogen and oxygen atoms in total. The van der Waals surface area contributed by atoms with E-state index in [0.29, 0.717) is 11.1 Å². The summed E-state index contributed by atoms with van der Waals surface area (Å²) in [5, 5.41) is 1.84. The summed E-state index contributed by atoms with van der Waals surface area (Å²) in [6.45, 7) is 1.94. The normalized spacial score (nSPS) is 10.5. The molecule has 0 saturated heterocycles. The van der Waals surface area contributed by atoms with Crippen LogP contribution in [0.2, 0.25) is 0 Å². The molecule has 0 bridgehead atoms. The lowest BCUT2D eigenvalue weighted by molar-refractivity contribution is 0.0817. The molecule has 0 fully saturated rings. The Bertz CT molecular complexity index is 835. The van der Waals surface area contributed by atoms with Gasteiger partial charge in [-0.3, -0.25) is 14.6 Å². The topological polar surface area (TPSA) is 47.0 Å². The Balaban J connectivity index is 1.96. The maximum Gasteiger partial charge on any atom is 0.233 e. The largest absolute Gasteiger partial charge is 0.285 e. The Morgan fingerprint density at radius 3 is 2.24 bits per heavy atom. The molecule has 0 atom stereocenters. The number of carbonyl (C=O) groups excluding carboxylic acids is 2. The second kappa shape index (κ2) is 5.29. The second-order valence-electron chi connectivity index (χ2n) is 4.96. The third-order valence-corrected chi connectivity index (χ3v) is 3.42. The van der Waals surface area contributed by atoms with E-state index in [4.69, 9.17) is 0 Å². The van der Waals surface area contributed by atoms with Crippen LogP contribution in [0.5, 0.6) is 0 Å². The third kappa shape index (κ3) is 2.58. The van der Waals surface area contributed by atoms with Crippen molar-refractivity contribution < 1.29 is 9.59 Å². The number of rotatable bonds is 3. The molecule has 2 aromatic carbocycles. The lowest BCUT2D eigenvalue weighted by Crippen LogP contribution is -2.14. The first kappa shape index (κ1) is 13.2. The highest BCUT2D eigenvalue weighted by Crippen LogP contribution is 2.16. The predicted octanol–water partition coefficient (Wildman–Crippen LogP) is 3.61. The molecular weight excluding hydrogens is 262 g/mol. The van der Waals surface area contributed by atoms with Gasteiger partial charge < -0.3 is 0 Å². The van der Waals surface area contributed by atoms with Crippen molar-refractivity contribution in [1.29, 1.82) is 0 Å². The number of hydrogen-bond acceptors (Lipinski definition) is 3. The minimum atomic E-state index is -0.496. The van der Waals surface area contributed by atoms with Gasteiger partial charge in [0.1, 0.15) is 0 Å². The Morgan fingerprint density at radius 1 is 0.810 bits per heavy atom. The number of benzene rings is 2. The number of aromatic nitrogens is 1. The van der Waals surface area contributed by atoms with Gasteiger partial charge in [-0.05, 0) is 24.4 Å². The smallest absolute Gasteiger partial charge is 0.233 e. The van der Waals surface area contributed by atoms with Crippen molar-refractivity contribution in [3.63, 3.8) is 0 Å². The summed E-state index contributed by atoms with van der Waals surface area (Å²) in [4.78, 5) is 28.6. The van der Waals surface area contributed by atoms with Gasteiger partial charge in [-0.25, -0.2) is 0 Å². The van der Waals surface area contributed by atoms with Gasteiger partial charge >= 0.3 is 0 Å². The van der Waals surface area contributed by atoms with Crippen LogP contribution in [0.3, 0.4) is 0 Å². The molecule has 3 heteroatoms. The molecule has 0 saturated carbocycles. The van der Waals surface area contributed by atoms with Gasteiger partial charge in [0, 0.05) is 28.9 Å². The van der Waals surface area contributed by atoms with Gasteiger partial charge in [-0.1, -0.05) is 42.0 Å². The first-order chi connectivity index (χ1) is 10.1. The molecule has 0 aliphatic heterocycles. The van der Waals surface area contributed by atoms with Crippen LogP contribution in [-0.4, -0.2) is 16.6 Å². The number of ketones is 2. The molecule has 3 rings (SSSR count). The first-order valence-corrected chi connectivity index (χ1v) is 6.64.